The van der Waals surface area contributed by atoms with Crippen LogP contribution < -0.4 is 5.32 Å². The van der Waals surface area contributed by atoms with Gasteiger partial charge in [0.05, 0.1) is 11.6 Å². The van der Waals surface area contributed by atoms with Crippen molar-refractivity contribution in [2.45, 2.75) is 19.9 Å². The highest BCUT2D eigenvalue weighted by Gasteiger charge is 2.19. The minimum atomic E-state index is -0.815. The van der Waals surface area contributed by atoms with Crippen LogP contribution in [0.2, 0.25) is 0 Å². The van der Waals surface area contributed by atoms with E-state index in [1.165, 1.54) is 0 Å². The van der Waals surface area contributed by atoms with E-state index in [9.17, 15) is 13.6 Å². The molecule has 3 nitrogen and oxygen atoms in total. The molecule has 0 saturated carbocycles. The maximum absolute atomic E-state index is 13.3. The Hall–Kier alpha value is -1.96. The predicted octanol–water partition coefficient (Wildman–Crippen LogP) is 2.24. The first-order valence-electron chi connectivity index (χ1n) is 5.11. The van der Waals surface area contributed by atoms with E-state index >= 15 is 0 Å². The minimum Gasteiger partial charge on any atom is -0.336 e. The fraction of sp³-hybridized carbons (Fsp3) is 0.333. The van der Waals surface area contributed by atoms with Gasteiger partial charge in [0, 0.05) is 0 Å². The molecular weight excluding hydrogens is 226 g/mol. The monoisotopic (exact) mass is 238 g/mol. The largest absolute Gasteiger partial charge is 0.336 e. The zero-order chi connectivity index (χ0) is 13.0. The highest BCUT2D eigenvalue weighted by atomic mass is 19.1. The van der Waals surface area contributed by atoms with Crippen LogP contribution in [-0.4, -0.2) is 11.9 Å². The third kappa shape index (κ3) is 3.25. The molecule has 1 aromatic rings. The summed E-state index contributed by atoms with van der Waals surface area (Å²) in [5.41, 5.74) is -0.397. The summed E-state index contributed by atoms with van der Waals surface area (Å²) in [6.45, 7) is 3.49. The molecule has 5 heteroatoms. The minimum absolute atomic E-state index is 0.111. The summed E-state index contributed by atoms with van der Waals surface area (Å²) in [5, 5.41) is 11.1. The number of nitriles is 1. The van der Waals surface area contributed by atoms with E-state index in [2.05, 4.69) is 5.32 Å². The number of carbonyl (C=O) groups is 1. The van der Waals surface area contributed by atoms with E-state index < -0.39 is 29.1 Å². The molecule has 0 spiro atoms. The lowest BCUT2D eigenvalue weighted by Gasteiger charge is -2.15. The van der Waals surface area contributed by atoms with Gasteiger partial charge < -0.3 is 5.32 Å². The molecular formula is C12H12F2N2O. The second kappa shape index (κ2) is 5.39. The molecule has 1 rings (SSSR count). The van der Waals surface area contributed by atoms with Crippen LogP contribution in [-0.2, 0) is 0 Å². The van der Waals surface area contributed by atoms with Gasteiger partial charge in [0.1, 0.15) is 17.7 Å². The van der Waals surface area contributed by atoms with Gasteiger partial charge in [0.15, 0.2) is 0 Å². The number of nitrogens with one attached hydrogen (secondary N) is 1. The second-order valence-electron chi connectivity index (χ2n) is 3.95. The number of hydrogen-bond donors (Lipinski definition) is 1. The summed E-state index contributed by atoms with van der Waals surface area (Å²) in [6, 6.07) is 3.76. The fourth-order valence-electron chi connectivity index (χ4n) is 1.24. The lowest BCUT2D eigenvalue weighted by atomic mass is 10.1. The maximum atomic E-state index is 13.3. The molecule has 90 valence electrons. The maximum Gasteiger partial charge on any atom is 0.255 e. The van der Waals surface area contributed by atoms with Crippen LogP contribution in [0.1, 0.15) is 24.2 Å². The van der Waals surface area contributed by atoms with Gasteiger partial charge in [-0.05, 0) is 24.1 Å². The fourth-order valence-corrected chi connectivity index (χ4v) is 1.24. The standard InChI is InChI=1S/C12H12F2N2O/c1-7(2)11(6-15)16-12(17)9-5-8(13)3-4-10(9)14/h3-5,7,11H,1-2H3,(H,16,17). The number of benzene rings is 1. The number of nitrogens with zero attached hydrogens (tertiary/aromatic N) is 1. The quantitative estimate of drug-likeness (QED) is 0.878. The normalized spacial score (nSPS) is 12.0. The van der Waals surface area contributed by atoms with Gasteiger partial charge in [0.2, 0.25) is 0 Å². The average Bonchev–Trinajstić information content (AvgIpc) is 2.28. The number of halogens is 2. The third-order valence-electron chi connectivity index (χ3n) is 2.27. The summed E-state index contributed by atoms with van der Waals surface area (Å²) < 4.78 is 26.1. The molecule has 0 aliphatic rings. The van der Waals surface area contributed by atoms with Crippen molar-refractivity contribution in [1.82, 2.24) is 5.32 Å². The van der Waals surface area contributed by atoms with Gasteiger partial charge in [-0.1, -0.05) is 13.8 Å². The van der Waals surface area contributed by atoms with Crippen LogP contribution in [0.5, 0.6) is 0 Å². The number of rotatable bonds is 3. The lowest BCUT2D eigenvalue weighted by Crippen LogP contribution is -2.37. The van der Waals surface area contributed by atoms with E-state index in [1.807, 2.05) is 6.07 Å². The second-order valence-corrected chi connectivity index (χ2v) is 3.95. The Balaban J connectivity index is 2.90. The van der Waals surface area contributed by atoms with Crippen LogP contribution in [0.3, 0.4) is 0 Å². The predicted molar refractivity (Wildman–Crippen MR) is 58.1 cm³/mol. The first-order chi connectivity index (χ1) is 7.95. The molecule has 1 aromatic carbocycles. The number of hydrogen-bond acceptors (Lipinski definition) is 2. The van der Waals surface area contributed by atoms with Gasteiger partial charge in [-0.15, -0.1) is 0 Å². The SMILES string of the molecule is CC(C)C(C#N)NC(=O)c1cc(F)ccc1F. The molecule has 0 bridgehead atoms. The molecule has 0 aromatic heterocycles. The van der Waals surface area contributed by atoms with E-state index in [0.717, 1.165) is 18.2 Å². The van der Waals surface area contributed by atoms with Crippen LogP contribution in [0, 0.1) is 28.9 Å². The summed E-state index contributed by atoms with van der Waals surface area (Å²) in [4.78, 5) is 11.6. The van der Waals surface area contributed by atoms with Crippen molar-refractivity contribution in [2.24, 2.45) is 5.92 Å². The Kier molecular flexibility index (Phi) is 4.16. The van der Waals surface area contributed by atoms with Crippen molar-refractivity contribution in [3.05, 3.63) is 35.4 Å². The molecule has 0 fully saturated rings. The van der Waals surface area contributed by atoms with Crippen molar-refractivity contribution in [3.63, 3.8) is 0 Å². The van der Waals surface area contributed by atoms with Crippen molar-refractivity contribution in [3.8, 4) is 6.07 Å². The summed E-state index contributed by atoms with van der Waals surface area (Å²) >= 11 is 0. The van der Waals surface area contributed by atoms with Gasteiger partial charge in [-0.25, -0.2) is 8.78 Å². The van der Waals surface area contributed by atoms with Crippen LogP contribution in [0.25, 0.3) is 0 Å². The Morgan fingerprint density at radius 3 is 2.59 bits per heavy atom. The smallest absolute Gasteiger partial charge is 0.255 e. The number of amides is 1. The highest BCUT2D eigenvalue weighted by Crippen LogP contribution is 2.10. The Bertz CT molecular complexity index is 466. The Morgan fingerprint density at radius 1 is 1.41 bits per heavy atom. The first-order valence-corrected chi connectivity index (χ1v) is 5.11. The van der Waals surface area contributed by atoms with Gasteiger partial charge >= 0.3 is 0 Å². The van der Waals surface area contributed by atoms with E-state index in [1.54, 1.807) is 13.8 Å². The third-order valence-corrected chi connectivity index (χ3v) is 2.27. The molecule has 0 heterocycles. The Morgan fingerprint density at radius 2 is 2.06 bits per heavy atom. The molecule has 1 N–H and O–H groups in total. The molecule has 1 unspecified atom stereocenters. The average molecular weight is 238 g/mol. The van der Waals surface area contributed by atoms with Crippen LogP contribution in [0.4, 0.5) is 8.78 Å². The zero-order valence-corrected chi connectivity index (χ0v) is 9.50. The van der Waals surface area contributed by atoms with Crippen molar-refractivity contribution in [1.29, 1.82) is 5.26 Å². The molecule has 0 aliphatic carbocycles. The van der Waals surface area contributed by atoms with Crippen LogP contribution >= 0.6 is 0 Å². The number of carbonyl (C=O) groups excluding carboxylic acids is 1. The highest BCUT2D eigenvalue weighted by molar-refractivity contribution is 5.94. The molecule has 17 heavy (non-hydrogen) atoms. The van der Waals surface area contributed by atoms with Crippen molar-refractivity contribution in [2.75, 3.05) is 0 Å². The van der Waals surface area contributed by atoms with Crippen LogP contribution in [0.15, 0.2) is 18.2 Å². The van der Waals surface area contributed by atoms with Crippen molar-refractivity contribution >= 4 is 5.91 Å². The summed E-state index contributed by atoms with van der Waals surface area (Å²) in [5.74, 6) is -2.42. The summed E-state index contributed by atoms with van der Waals surface area (Å²) in [6.07, 6.45) is 0. The van der Waals surface area contributed by atoms with Gasteiger partial charge in [-0.3, -0.25) is 4.79 Å². The van der Waals surface area contributed by atoms with Gasteiger partial charge in [0.25, 0.3) is 5.91 Å². The lowest BCUT2D eigenvalue weighted by molar-refractivity contribution is 0.0933. The zero-order valence-electron chi connectivity index (χ0n) is 9.50. The van der Waals surface area contributed by atoms with E-state index in [-0.39, 0.29) is 5.92 Å². The van der Waals surface area contributed by atoms with Gasteiger partial charge in [-0.2, -0.15) is 5.26 Å². The van der Waals surface area contributed by atoms with E-state index in [0.29, 0.717) is 0 Å². The molecule has 0 saturated heterocycles. The summed E-state index contributed by atoms with van der Waals surface area (Å²) in [7, 11) is 0. The van der Waals surface area contributed by atoms with Crippen molar-refractivity contribution < 1.29 is 13.6 Å². The first kappa shape index (κ1) is 13.1. The molecule has 1 amide bonds. The molecule has 0 radical (unpaired) electrons. The van der Waals surface area contributed by atoms with E-state index in [4.69, 9.17) is 5.26 Å². The topological polar surface area (TPSA) is 52.9 Å². The molecule has 0 aliphatic heterocycles. The Labute approximate surface area is 98.1 Å². The molecule has 1 atom stereocenters.